The molecule has 3 N–H and O–H groups in total. The van der Waals surface area contributed by atoms with Gasteiger partial charge in [-0.15, -0.1) is 0 Å². The molecular weight excluding hydrogens is 230 g/mol. The van der Waals surface area contributed by atoms with E-state index in [1.54, 1.807) is 12.3 Å². The first-order valence-corrected chi connectivity index (χ1v) is 6.37. The smallest absolute Gasteiger partial charge is 0.258 e. The molecule has 2 saturated heterocycles. The number of amides is 1. The molecular formula is C13H17N3O2. The number of nitrogens with two attached hydrogens (primary N) is 1. The topological polar surface area (TPSA) is 79.5 Å². The van der Waals surface area contributed by atoms with E-state index in [0.29, 0.717) is 24.1 Å². The van der Waals surface area contributed by atoms with Crippen molar-refractivity contribution in [2.24, 2.45) is 0 Å². The van der Waals surface area contributed by atoms with Crippen LogP contribution >= 0.6 is 0 Å². The van der Waals surface area contributed by atoms with E-state index in [9.17, 15) is 9.90 Å². The zero-order valence-corrected chi connectivity index (χ0v) is 10.1. The van der Waals surface area contributed by atoms with E-state index in [1.807, 2.05) is 4.90 Å². The van der Waals surface area contributed by atoms with Gasteiger partial charge in [0.2, 0.25) is 0 Å². The standard InChI is InChI=1S/C13H17N3O2/c14-12-3-4-15-7-11(12)13(18)16-8-1-2-9(16)6-10(17)5-8/h3-4,7-10,17H,1-2,5-6H2,(H2,14,15). The molecule has 3 rings (SSSR count). The van der Waals surface area contributed by atoms with Crippen LogP contribution in [-0.4, -0.2) is 39.1 Å². The van der Waals surface area contributed by atoms with Crippen LogP contribution in [0.4, 0.5) is 5.69 Å². The van der Waals surface area contributed by atoms with Crippen molar-refractivity contribution in [1.29, 1.82) is 0 Å². The van der Waals surface area contributed by atoms with Crippen molar-refractivity contribution < 1.29 is 9.90 Å². The Bertz CT molecular complexity index is 463. The third-order valence-electron chi connectivity index (χ3n) is 4.03. The van der Waals surface area contributed by atoms with Crippen molar-refractivity contribution in [3.8, 4) is 0 Å². The van der Waals surface area contributed by atoms with Crippen LogP contribution in [0.1, 0.15) is 36.0 Å². The van der Waals surface area contributed by atoms with Crippen LogP contribution in [0.5, 0.6) is 0 Å². The third kappa shape index (κ3) is 1.75. The first-order chi connectivity index (χ1) is 8.66. The monoisotopic (exact) mass is 247 g/mol. The number of fused-ring (bicyclic) bond motifs is 2. The quantitative estimate of drug-likeness (QED) is 0.769. The second-order valence-electron chi connectivity index (χ2n) is 5.19. The Morgan fingerprint density at radius 3 is 2.67 bits per heavy atom. The summed E-state index contributed by atoms with van der Waals surface area (Å²) >= 11 is 0. The Labute approximate surface area is 106 Å². The maximum Gasteiger partial charge on any atom is 0.258 e. The normalized spacial score (nSPS) is 30.5. The summed E-state index contributed by atoms with van der Waals surface area (Å²) in [6.07, 6.45) is 6.17. The minimum Gasteiger partial charge on any atom is -0.398 e. The van der Waals surface area contributed by atoms with Gasteiger partial charge in [-0.25, -0.2) is 0 Å². The lowest BCUT2D eigenvalue weighted by Crippen LogP contribution is -2.48. The second-order valence-corrected chi connectivity index (χ2v) is 5.19. The van der Waals surface area contributed by atoms with Gasteiger partial charge in [0.05, 0.1) is 11.7 Å². The molecule has 0 saturated carbocycles. The van der Waals surface area contributed by atoms with Crippen LogP contribution in [0.25, 0.3) is 0 Å². The lowest BCUT2D eigenvalue weighted by Gasteiger charge is -2.37. The van der Waals surface area contributed by atoms with Crippen molar-refractivity contribution in [2.45, 2.75) is 43.9 Å². The molecule has 2 aliphatic rings. The number of piperidine rings is 1. The molecule has 2 atom stereocenters. The van der Waals surface area contributed by atoms with Gasteiger partial charge in [-0.05, 0) is 31.7 Å². The van der Waals surface area contributed by atoms with Crippen molar-refractivity contribution >= 4 is 11.6 Å². The third-order valence-corrected chi connectivity index (χ3v) is 4.03. The molecule has 0 aromatic carbocycles. The van der Waals surface area contributed by atoms with Gasteiger partial charge in [0.1, 0.15) is 0 Å². The Morgan fingerprint density at radius 2 is 2.06 bits per heavy atom. The van der Waals surface area contributed by atoms with Crippen LogP contribution in [-0.2, 0) is 0 Å². The lowest BCUT2D eigenvalue weighted by molar-refractivity contribution is 0.0287. The number of carbonyl (C=O) groups is 1. The fourth-order valence-electron chi connectivity index (χ4n) is 3.20. The molecule has 1 aromatic rings. The maximum atomic E-state index is 12.5. The SMILES string of the molecule is Nc1ccncc1C(=O)N1C2CCC1CC(O)C2. The summed E-state index contributed by atoms with van der Waals surface area (Å²) in [5.41, 5.74) is 6.78. The lowest BCUT2D eigenvalue weighted by atomic mass is 9.99. The molecule has 18 heavy (non-hydrogen) atoms. The molecule has 5 nitrogen and oxygen atoms in total. The number of nitrogen functional groups attached to an aromatic ring is 1. The molecule has 2 aliphatic heterocycles. The van der Waals surface area contributed by atoms with Crippen LogP contribution in [0.2, 0.25) is 0 Å². The highest BCUT2D eigenvalue weighted by Gasteiger charge is 2.43. The molecule has 1 amide bonds. The summed E-state index contributed by atoms with van der Waals surface area (Å²) in [7, 11) is 0. The van der Waals surface area contributed by atoms with Gasteiger partial charge >= 0.3 is 0 Å². The van der Waals surface area contributed by atoms with Crippen molar-refractivity contribution in [3.05, 3.63) is 24.0 Å². The van der Waals surface area contributed by atoms with E-state index in [-0.39, 0.29) is 24.1 Å². The van der Waals surface area contributed by atoms with E-state index in [2.05, 4.69) is 4.98 Å². The van der Waals surface area contributed by atoms with E-state index in [4.69, 9.17) is 5.73 Å². The number of aliphatic hydroxyl groups is 1. The highest BCUT2D eigenvalue weighted by Crippen LogP contribution is 2.37. The molecule has 3 heterocycles. The molecule has 1 aromatic heterocycles. The van der Waals surface area contributed by atoms with Gasteiger partial charge in [-0.3, -0.25) is 9.78 Å². The summed E-state index contributed by atoms with van der Waals surface area (Å²) in [5.74, 6) is -0.0417. The molecule has 2 fully saturated rings. The molecule has 5 heteroatoms. The Hall–Kier alpha value is -1.62. The molecule has 0 spiro atoms. The van der Waals surface area contributed by atoms with Gasteiger partial charge in [-0.1, -0.05) is 0 Å². The summed E-state index contributed by atoms with van der Waals surface area (Å²) in [5, 5.41) is 9.74. The molecule has 2 bridgehead atoms. The fourth-order valence-corrected chi connectivity index (χ4v) is 3.20. The second kappa shape index (κ2) is 4.24. The van der Waals surface area contributed by atoms with E-state index >= 15 is 0 Å². The number of aliphatic hydroxyl groups excluding tert-OH is 1. The van der Waals surface area contributed by atoms with Gasteiger partial charge in [0, 0.05) is 30.2 Å². The molecule has 96 valence electrons. The molecule has 0 aliphatic carbocycles. The average Bonchev–Trinajstić information content (AvgIpc) is 2.61. The largest absolute Gasteiger partial charge is 0.398 e. The maximum absolute atomic E-state index is 12.5. The van der Waals surface area contributed by atoms with E-state index in [0.717, 1.165) is 12.8 Å². The zero-order chi connectivity index (χ0) is 12.7. The van der Waals surface area contributed by atoms with Gasteiger partial charge in [0.25, 0.3) is 5.91 Å². The number of carbonyl (C=O) groups excluding carboxylic acids is 1. The van der Waals surface area contributed by atoms with Gasteiger partial charge in [-0.2, -0.15) is 0 Å². The number of hydrogen-bond donors (Lipinski definition) is 2. The van der Waals surface area contributed by atoms with Crippen molar-refractivity contribution in [1.82, 2.24) is 9.88 Å². The zero-order valence-electron chi connectivity index (χ0n) is 10.1. The van der Waals surface area contributed by atoms with Crippen LogP contribution in [0.15, 0.2) is 18.5 Å². The number of rotatable bonds is 1. The first kappa shape index (κ1) is 11.5. The highest BCUT2D eigenvalue weighted by molar-refractivity contribution is 5.99. The average molecular weight is 247 g/mol. The van der Waals surface area contributed by atoms with Crippen molar-refractivity contribution in [2.75, 3.05) is 5.73 Å². The minimum absolute atomic E-state index is 0.0417. The Morgan fingerprint density at radius 1 is 1.39 bits per heavy atom. The van der Waals surface area contributed by atoms with Crippen LogP contribution < -0.4 is 5.73 Å². The number of pyridine rings is 1. The number of aromatic nitrogens is 1. The van der Waals surface area contributed by atoms with E-state index in [1.165, 1.54) is 6.20 Å². The number of nitrogens with zero attached hydrogens (tertiary/aromatic N) is 2. The first-order valence-electron chi connectivity index (χ1n) is 6.37. The Kier molecular flexibility index (Phi) is 2.70. The summed E-state index contributed by atoms with van der Waals surface area (Å²) < 4.78 is 0. The minimum atomic E-state index is -0.266. The van der Waals surface area contributed by atoms with Gasteiger partial charge < -0.3 is 15.7 Å². The number of anilines is 1. The number of hydrogen-bond acceptors (Lipinski definition) is 4. The summed E-state index contributed by atoms with van der Waals surface area (Å²) in [6.45, 7) is 0. The highest BCUT2D eigenvalue weighted by atomic mass is 16.3. The van der Waals surface area contributed by atoms with Crippen molar-refractivity contribution in [3.63, 3.8) is 0 Å². The fraction of sp³-hybridized carbons (Fsp3) is 0.538. The van der Waals surface area contributed by atoms with Crippen LogP contribution in [0, 0.1) is 0 Å². The van der Waals surface area contributed by atoms with Gasteiger partial charge in [0.15, 0.2) is 0 Å². The summed E-state index contributed by atoms with van der Waals surface area (Å²) in [4.78, 5) is 18.4. The predicted molar refractivity (Wildman–Crippen MR) is 66.9 cm³/mol. The predicted octanol–water partition coefficient (Wildman–Crippen LogP) is 0.792. The van der Waals surface area contributed by atoms with Crippen LogP contribution in [0.3, 0.4) is 0 Å². The molecule has 2 unspecified atom stereocenters. The molecule has 0 radical (unpaired) electrons. The summed E-state index contributed by atoms with van der Waals surface area (Å²) in [6, 6.07) is 1.96. The van der Waals surface area contributed by atoms with E-state index < -0.39 is 0 Å². The Balaban J connectivity index is 1.88.